The molecule has 0 aromatic rings. The Hall–Kier alpha value is -1.57. The van der Waals surface area contributed by atoms with E-state index < -0.39 is 0 Å². The van der Waals surface area contributed by atoms with Crippen LogP contribution in [0.25, 0.3) is 0 Å². The largest absolute Gasteiger partial charge is 0.355 e. The molecule has 1 saturated heterocycles. The zero-order valence-electron chi connectivity index (χ0n) is 11.7. The molecule has 0 unspecified atom stereocenters. The van der Waals surface area contributed by atoms with E-state index in [0.717, 1.165) is 38.8 Å². The molecule has 2 amide bonds. The Morgan fingerprint density at radius 3 is 2.63 bits per heavy atom. The van der Waals surface area contributed by atoms with E-state index in [1.807, 2.05) is 11.0 Å². The zero-order valence-corrected chi connectivity index (χ0v) is 11.7. The quantitative estimate of drug-likeness (QED) is 0.790. The Morgan fingerprint density at radius 2 is 2.05 bits per heavy atom. The average molecular weight is 265 g/mol. The number of nitrogens with zero attached hydrogens (tertiary/aromatic N) is 2. The monoisotopic (exact) mass is 265 g/mol. The van der Waals surface area contributed by atoms with Crippen molar-refractivity contribution in [3.05, 3.63) is 0 Å². The molecule has 0 radical (unpaired) electrons. The van der Waals surface area contributed by atoms with Crippen molar-refractivity contribution in [1.82, 2.24) is 10.2 Å². The van der Waals surface area contributed by atoms with Crippen molar-refractivity contribution in [3.63, 3.8) is 0 Å². The molecule has 1 rings (SSSR count). The molecule has 0 spiro atoms. The Morgan fingerprint density at radius 1 is 1.37 bits per heavy atom. The van der Waals surface area contributed by atoms with Crippen LogP contribution in [0.4, 0.5) is 0 Å². The van der Waals surface area contributed by atoms with Gasteiger partial charge in [-0.1, -0.05) is 13.3 Å². The third-order valence-electron chi connectivity index (χ3n) is 3.54. The van der Waals surface area contributed by atoms with Crippen molar-refractivity contribution >= 4 is 11.8 Å². The predicted octanol–water partition coefficient (Wildman–Crippen LogP) is 1.45. The van der Waals surface area contributed by atoms with Gasteiger partial charge in [0.1, 0.15) is 6.42 Å². The van der Waals surface area contributed by atoms with Crippen molar-refractivity contribution in [2.24, 2.45) is 5.92 Å². The fourth-order valence-electron chi connectivity index (χ4n) is 2.27. The molecule has 106 valence electrons. The van der Waals surface area contributed by atoms with Crippen molar-refractivity contribution < 1.29 is 9.59 Å². The Kier molecular flexibility index (Phi) is 6.94. The van der Waals surface area contributed by atoms with Crippen LogP contribution in [0.1, 0.15) is 45.4 Å². The molecule has 0 aromatic carbocycles. The number of hydrogen-bond donors (Lipinski definition) is 1. The molecule has 19 heavy (non-hydrogen) atoms. The fraction of sp³-hybridized carbons (Fsp3) is 0.786. The maximum absolute atomic E-state index is 11.8. The van der Waals surface area contributed by atoms with E-state index >= 15 is 0 Å². The number of nitrogens with one attached hydrogen (secondary N) is 1. The zero-order chi connectivity index (χ0) is 14.1. The lowest BCUT2D eigenvalue weighted by Gasteiger charge is -2.32. The summed E-state index contributed by atoms with van der Waals surface area (Å²) >= 11 is 0. The summed E-state index contributed by atoms with van der Waals surface area (Å²) < 4.78 is 0. The maximum Gasteiger partial charge on any atom is 0.234 e. The second kappa shape index (κ2) is 8.52. The lowest BCUT2D eigenvalue weighted by atomic mass is 9.96. The number of nitriles is 1. The van der Waals surface area contributed by atoms with Gasteiger partial charge in [-0.3, -0.25) is 9.59 Å². The van der Waals surface area contributed by atoms with Crippen LogP contribution in [-0.4, -0.2) is 36.3 Å². The molecule has 5 nitrogen and oxygen atoms in total. The molecule has 1 aliphatic heterocycles. The van der Waals surface area contributed by atoms with Crippen LogP contribution in [0.5, 0.6) is 0 Å². The van der Waals surface area contributed by atoms with Crippen molar-refractivity contribution in [1.29, 1.82) is 5.26 Å². The third-order valence-corrected chi connectivity index (χ3v) is 3.54. The van der Waals surface area contributed by atoms with Crippen LogP contribution in [0.2, 0.25) is 0 Å². The molecule has 1 aliphatic rings. The van der Waals surface area contributed by atoms with Crippen molar-refractivity contribution in [3.8, 4) is 6.07 Å². The summed E-state index contributed by atoms with van der Waals surface area (Å²) in [6, 6.07) is 1.83. The molecule has 0 saturated carbocycles. The molecular weight excluding hydrogens is 242 g/mol. The van der Waals surface area contributed by atoms with Gasteiger partial charge in [0.05, 0.1) is 6.07 Å². The first-order valence-corrected chi connectivity index (χ1v) is 7.08. The molecular formula is C14H23N3O2. The summed E-state index contributed by atoms with van der Waals surface area (Å²) in [5.41, 5.74) is 0. The second-order valence-electron chi connectivity index (χ2n) is 5.07. The first-order chi connectivity index (χ1) is 9.17. The van der Waals surface area contributed by atoms with Gasteiger partial charge in [-0.25, -0.2) is 0 Å². The number of unbranched alkanes of at least 4 members (excludes halogenated alkanes) is 1. The summed E-state index contributed by atoms with van der Waals surface area (Å²) in [5.74, 6) is 0.482. The van der Waals surface area contributed by atoms with Gasteiger partial charge < -0.3 is 10.2 Å². The summed E-state index contributed by atoms with van der Waals surface area (Å²) in [4.78, 5) is 24.9. The maximum atomic E-state index is 11.8. The van der Waals surface area contributed by atoms with Crippen LogP contribution in [0.3, 0.4) is 0 Å². The molecule has 1 fully saturated rings. The molecule has 1 N–H and O–H groups in total. The number of carbonyl (C=O) groups excluding carboxylic acids is 2. The average Bonchev–Trinajstić information content (AvgIpc) is 2.43. The SMILES string of the molecule is CCCCC(=O)N1CCC(CNC(=O)CC#N)CC1. The topological polar surface area (TPSA) is 73.2 Å². The summed E-state index contributed by atoms with van der Waals surface area (Å²) in [7, 11) is 0. The van der Waals surface area contributed by atoms with Gasteiger partial charge in [-0.05, 0) is 25.2 Å². The van der Waals surface area contributed by atoms with Gasteiger partial charge in [0.15, 0.2) is 0 Å². The number of amides is 2. The van der Waals surface area contributed by atoms with Gasteiger partial charge >= 0.3 is 0 Å². The van der Waals surface area contributed by atoms with Gasteiger partial charge in [0.25, 0.3) is 0 Å². The molecule has 0 aliphatic carbocycles. The Bertz CT molecular complexity index is 341. The second-order valence-corrected chi connectivity index (χ2v) is 5.07. The highest BCUT2D eigenvalue weighted by Crippen LogP contribution is 2.17. The Balaban J connectivity index is 2.20. The van der Waals surface area contributed by atoms with Gasteiger partial charge in [-0.15, -0.1) is 0 Å². The molecule has 0 bridgehead atoms. The molecule has 0 aromatic heterocycles. The van der Waals surface area contributed by atoms with E-state index in [9.17, 15) is 9.59 Å². The van der Waals surface area contributed by atoms with E-state index in [4.69, 9.17) is 5.26 Å². The van der Waals surface area contributed by atoms with Gasteiger partial charge in [-0.2, -0.15) is 5.26 Å². The summed E-state index contributed by atoms with van der Waals surface area (Å²) in [5, 5.41) is 11.2. The van der Waals surface area contributed by atoms with Crippen LogP contribution >= 0.6 is 0 Å². The Labute approximate surface area is 115 Å². The minimum absolute atomic E-state index is 0.0751. The highest BCUT2D eigenvalue weighted by molar-refractivity contribution is 5.78. The number of carbonyl (C=O) groups is 2. The molecule has 0 atom stereocenters. The molecule has 1 heterocycles. The minimum Gasteiger partial charge on any atom is -0.355 e. The van der Waals surface area contributed by atoms with Crippen molar-refractivity contribution in [2.45, 2.75) is 45.4 Å². The van der Waals surface area contributed by atoms with Crippen LogP contribution in [0.15, 0.2) is 0 Å². The normalized spacial score (nSPS) is 15.9. The van der Waals surface area contributed by atoms with Gasteiger partial charge in [0.2, 0.25) is 11.8 Å². The van der Waals surface area contributed by atoms with E-state index in [1.165, 1.54) is 0 Å². The number of rotatable bonds is 6. The third kappa shape index (κ3) is 5.73. The van der Waals surface area contributed by atoms with Gasteiger partial charge in [0, 0.05) is 26.1 Å². The number of hydrogen-bond acceptors (Lipinski definition) is 3. The fourth-order valence-corrected chi connectivity index (χ4v) is 2.27. The van der Waals surface area contributed by atoms with E-state index in [2.05, 4.69) is 12.2 Å². The predicted molar refractivity (Wildman–Crippen MR) is 72.1 cm³/mol. The van der Waals surface area contributed by atoms with E-state index in [1.54, 1.807) is 0 Å². The van der Waals surface area contributed by atoms with Crippen LogP contribution in [-0.2, 0) is 9.59 Å². The highest BCUT2D eigenvalue weighted by atomic mass is 16.2. The lowest BCUT2D eigenvalue weighted by molar-refractivity contribution is -0.132. The van der Waals surface area contributed by atoms with E-state index in [-0.39, 0.29) is 18.2 Å². The first-order valence-electron chi connectivity index (χ1n) is 7.08. The van der Waals surface area contributed by atoms with Crippen molar-refractivity contribution in [2.75, 3.05) is 19.6 Å². The number of piperidine rings is 1. The standard InChI is InChI=1S/C14H23N3O2/c1-2-3-4-14(19)17-9-6-12(7-10-17)11-16-13(18)5-8-15/h12H,2-7,9-11H2,1H3,(H,16,18). The lowest BCUT2D eigenvalue weighted by Crippen LogP contribution is -2.41. The molecule has 5 heteroatoms. The van der Waals surface area contributed by atoms with Crippen LogP contribution < -0.4 is 5.32 Å². The highest BCUT2D eigenvalue weighted by Gasteiger charge is 2.22. The summed E-state index contributed by atoms with van der Waals surface area (Å²) in [6.45, 7) is 4.30. The van der Waals surface area contributed by atoms with E-state index in [0.29, 0.717) is 18.9 Å². The first kappa shape index (κ1) is 15.5. The smallest absolute Gasteiger partial charge is 0.234 e. The number of likely N-dealkylation sites (tertiary alicyclic amines) is 1. The summed E-state index contributed by atoms with van der Waals surface area (Å²) in [6.07, 6.45) is 4.46. The van der Waals surface area contributed by atoms with Crippen LogP contribution in [0, 0.1) is 17.2 Å². The minimum atomic E-state index is -0.205.